The number of aliphatic hydroxyl groups excluding tert-OH is 1. The van der Waals surface area contributed by atoms with Crippen molar-refractivity contribution in [2.24, 2.45) is 0 Å². The van der Waals surface area contributed by atoms with E-state index in [1.54, 1.807) is 20.3 Å². The number of fused-ring (bicyclic) bond motifs is 1. The molecule has 0 aliphatic heterocycles. The third kappa shape index (κ3) is 2.89. The van der Waals surface area contributed by atoms with Crippen LogP contribution in [0.1, 0.15) is 5.56 Å². The van der Waals surface area contributed by atoms with E-state index in [9.17, 15) is 5.11 Å². The van der Waals surface area contributed by atoms with Gasteiger partial charge in [-0.15, -0.1) is 0 Å². The summed E-state index contributed by atoms with van der Waals surface area (Å²) in [7, 11) is 3.23. The third-order valence-electron chi connectivity index (χ3n) is 4.20. The van der Waals surface area contributed by atoms with Gasteiger partial charge in [0.2, 0.25) is 0 Å². The van der Waals surface area contributed by atoms with Gasteiger partial charge in [-0.3, -0.25) is 5.10 Å². The van der Waals surface area contributed by atoms with Crippen LogP contribution >= 0.6 is 0 Å². The van der Waals surface area contributed by atoms with Crippen molar-refractivity contribution < 1.29 is 14.6 Å². The van der Waals surface area contributed by atoms with Gasteiger partial charge < -0.3 is 19.6 Å². The molecule has 7 heteroatoms. The molecule has 0 unspecified atom stereocenters. The standard InChI is InChI=1S/C19H18N4O3/c1-25-13-3-4-15-17(8-13)21-19(20-15)18-9-16(22-23-18)12-5-11(10-24)6-14(7-12)26-2/h3-9,24H,10H2,1-2H3,(H,20,21)(H,22,23). The SMILES string of the molecule is COc1cc(CO)cc(-c2cc(-c3nc4ccc(OC)cc4[nH]3)[nH]n2)c1. The van der Waals surface area contributed by atoms with Gasteiger partial charge in [0, 0.05) is 11.6 Å². The Bertz CT molecular complexity index is 1050. The molecule has 0 aliphatic carbocycles. The fourth-order valence-electron chi connectivity index (χ4n) is 2.85. The maximum atomic E-state index is 9.43. The third-order valence-corrected chi connectivity index (χ3v) is 4.20. The smallest absolute Gasteiger partial charge is 0.156 e. The molecule has 0 radical (unpaired) electrons. The van der Waals surface area contributed by atoms with Crippen molar-refractivity contribution in [3.63, 3.8) is 0 Å². The van der Waals surface area contributed by atoms with Gasteiger partial charge in [-0.1, -0.05) is 0 Å². The van der Waals surface area contributed by atoms with Gasteiger partial charge in [0.1, 0.15) is 17.2 Å². The Morgan fingerprint density at radius 2 is 1.85 bits per heavy atom. The van der Waals surface area contributed by atoms with E-state index in [0.29, 0.717) is 11.6 Å². The van der Waals surface area contributed by atoms with Crippen LogP contribution in [0.3, 0.4) is 0 Å². The van der Waals surface area contributed by atoms with Gasteiger partial charge in [-0.25, -0.2) is 4.98 Å². The highest BCUT2D eigenvalue weighted by atomic mass is 16.5. The van der Waals surface area contributed by atoms with Crippen LogP contribution in [-0.2, 0) is 6.61 Å². The van der Waals surface area contributed by atoms with Crippen molar-refractivity contribution >= 4 is 11.0 Å². The van der Waals surface area contributed by atoms with Crippen molar-refractivity contribution in [1.29, 1.82) is 0 Å². The van der Waals surface area contributed by atoms with Crippen LogP contribution in [-0.4, -0.2) is 39.5 Å². The summed E-state index contributed by atoms with van der Waals surface area (Å²) in [5.41, 5.74) is 4.86. The average molecular weight is 350 g/mol. The number of aliphatic hydroxyl groups is 1. The maximum absolute atomic E-state index is 9.43. The largest absolute Gasteiger partial charge is 0.497 e. The Labute approximate surface area is 149 Å². The lowest BCUT2D eigenvalue weighted by molar-refractivity contribution is 0.281. The number of hydrogen-bond acceptors (Lipinski definition) is 5. The van der Waals surface area contributed by atoms with Crippen LogP contribution in [0.4, 0.5) is 0 Å². The zero-order valence-electron chi connectivity index (χ0n) is 14.4. The minimum Gasteiger partial charge on any atom is -0.497 e. The monoisotopic (exact) mass is 350 g/mol. The van der Waals surface area contributed by atoms with Crippen LogP contribution in [0.2, 0.25) is 0 Å². The van der Waals surface area contributed by atoms with E-state index < -0.39 is 0 Å². The van der Waals surface area contributed by atoms with E-state index in [1.165, 1.54) is 0 Å². The number of rotatable bonds is 5. The molecule has 0 saturated heterocycles. The number of imidazole rings is 1. The highest BCUT2D eigenvalue weighted by molar-refractivity contribution is 5.80. The highest BCUT2D eigenvalue weighted by Crippen LogP contribution is 2.28. The molecule has 3 N–H and O–H groups in total. The molecule has 0 amide bonds. The first-order valence-electron chi connectivity index (χ1n) is 8.09. The zero-order valence-corrected chi connectivity index (χ0v) is 14.4. The van der Waals surface area contributed by atoms with Crippen LogP contribution in [0.25, 0.3) is 33.8 Å². The number of aromatic nitrogens is 4. The van der Waals surface area contributed by atoms with Gasteiger partial charge in [0.25, 0.3) is 0 Å². The van der Waals surface area contributed by atoms with Crippen molar-refractivity contribution in [3.05, 3.63) is 48.0 Å². The number of benzene rings is 2. The molecule has 26 heavy (non-hydrogen) atoms. The number of hydrogen-bond donors (Lipinski definition) is 3. The number of nitrogens with zero attached hydrogens (tertiary/aromatic N) is 2. The van der Waals surface area contributed by atoms with Crippen LogP contribution in [0.15, 0.2) is 42.5 Å². The number of H-pyrrole nitrogens is 2. The van der Waals surface area contributed by atoms with E-state index in [1.807, 2.05) is 36.4 Å². The van der Waals surface area contributed by atoms with E-state index >= 15 is 0 Å². The lowest BCUT2D eigenvalue weighted by atomic mass is 10.1. The summed E-state index contributed by atoms with van der Waals surface area (Å²) in [4.78, 5) is 7.86. The number of methoxy groups -OCH3 is 2. The molecule has 7 nitrogen and oxygen atoms in total. The molecule has 2 aromatic heterocycles. The maximum Gasteiger partial charge on any atom is 0.156 e. The second kappa shape index (κ2) is 6.53. The molecular formula is C19H18N4O3. The fraction of sp³-hybridized carbons (Fsp3) is 0.158. The fourth-order valence-corrected chi connectivity index (χ4v) is 2.85. The summed E-state index contributed by atoms with van der Waals surface area (Å²) in [6.45, 7) is -0.0626. The molecular weight excluding hydrogens is 332 g/mol. The first kappa shape index (κ1) is 16.2. The summed E-state index contributed by atoms with van der Waals surface area (Å²) < 4.78 is 10.5. The normalized spacial score (nSPS) is 11.0. The molecule has 0 atom stereocenters. The lowest BCUT2D eigenvalue weighted by Gasteiger charge is -2.05. The van der Waals surface area contributed by atoms with Gasteiger partial charge in [-0.05, 0) is 42.0 Å². The first-order chi connectivity index (χ1) is 12.7. The van der Waals surface area contributed by atoms with E-state index in [0.717, 1.165) is 39.3 Å². The molecule has 0 spiro atoms. The molecule has 132 valence electrons. The molecule has 0 bridgehead atoms. The summed E-state index contributed by atoms with van der Waals surface area (Å²) >= 11 is 0. The van der Waals surface area contributed by atoms with Gasteiger partial charge in [0.15, 0.2) is 5.82 Å². The Balaban J connectivity index is 1.72. The molecule has 0 aliphatic rings. The minimum atomic E-state index is -0.0626. The van der Waals surface area contributed by atoms with E-state index in [2.05, 4.69) is 20.2 Å². The second-order valence-electron chi connectivity index (χ2n) is 5.86. The second-order valence-corrected chi connectivity index (χ2v) is 5.86. The Hall–Kier alpha value is -3.32. The lowest BCUT2D eigenvalue weighted by Crippen LogP contribution is -1.90. The molecule has 4 rings (SSSR count). The zero-order chi connectivity index (χ0) is 18.1. The van der Waals surface area contributed by atoms with Gasteiger partial charge in [0.05, 0.1) is 37.6 Å². The quantitative estimate of drug-likeness (QED) is 0.514. The van der Waals surface area contributed by atoms with Crippen LogP contribution < -0.4 is 9.47 Å². The molecule has 4 aromatic rings. The Morgan fingerprint density at radius 3 is 2.62 bits per heavy atom. The predicted octanol–water partition coefficient (Wildman–Crippen LogP) is 3.13. The minimum absolute atomic E-state index is 0.0626. The molecule has 2 heterocycles. The van der Waals surface area contributed by atoms with Crippen molar-refractivity contribution in [3.8, 4) is 34.3 Å². The van der Waals surface area contributed by atoms with E-state index in [-0.39, 0.29) is 6.61 Å². The Kier molecular flexibility index (Phi) is 4.06. The predicted molar refractivity (Wildman–Crippen MR) is 98.1 cm³/mol. The number of ether oxygens (including phenoxy) is 2. The topological polar surface area (TPSA) is 96.0 Å². The van der Waals surface area contributed by atoms with Crippen molar-refractivity contribution in [2.75, 3.05) is 14.2 Å². The number of nitrogens with one attached hydrogen (secondary N) is 2. The van der Waals surface area contributed by atoms with E-state index in [4.69, 9.17) is 9.47 Å². The van der Waals surface area contributed by atoms with Crippen LogP contribution in [0, 0.1) is 0 Å². The number of aromatic amines is 2. The van der Waals surface area contributed by atoms with Gasteiger partial charge in [-0.2, -0.15) is 5.10 Å². The highest BCUT2D eigenvalue weighted by Gasteiger charge is 2.12. The van der Waals surface area contributed by atoms with Gasteiger partial charge >= 0.3 is 0 Å². The molecule has 0 fully saturated rings. The summed E-state index contributed by atoms with van der Waals surface area (Å²) in [5.74, 6) is 2.13. The average Bonchev–Trinajstić information content (AvgIpc) is 3.33. The summed E-state index contributed by atoms with van der Waals surface area (Å²) in [6, 6.07) is 13.1. The molecule has 2 aromatic carbocycles. The summed E-state index contributed by atoms with van der Waals surface area (Å²) in [5, 5.41) is 16.8. The van der Waals surface area contributed by atoms with Crippen LogP contribution in [0.5, 0.6) is 11.5 Å². The summed E-state index contributed by atoms with van der Waals surface area (Å²) in [6.07, 6.45) is 0. The first-order valence-corrected chi connectivity index (χ1v) is 8.09. The molecule has 0 saturated carbocycles. The van der Waals surface area contributed by atoms with Crippen molar-refractivity contribution in [1.82, 2.24) is 20.2 Å². The van der Waals surface area contributed by atoms with Crippen molar-refractivity contribution in [2.45, 2.75) is 6.61 Å². The Morgan fingerprint density at radius 1 is 1.00 bits per heavy atom.